The molecule has 0 spiro atoms. The third-order valence-electron chi connectivity index (χ3n) is 4.33. The Bertz CT molecular complexity index is 640. The molecule has 2 amide bonds. The first-order chi connectivity index (χ1) is 10.9. The van der Waals surface area contributed by atoms with Gasteiger partial charge in [0.2, 0.25) is 11.7 Å². The van der Waals surface area contributed by atoms with Crippen molar-refractivity contribution < 1.29 is 23.2 Å². The predicted molar refractivity (Wildman–Crippen MR) is 76.8 cm³/mol. The van der Waals surface area contributed by atoms with Gasteiger partial charge in [-0.25, -0.2) is 8.78 Å². The fraction of sp³-hybridized carbons (Fsp3) is 0.438. The van der Waals surface area contributed by atoms with Crippen LogP contribution in [0, 0.1) is 5.92 Å². The summed E-state index contributed by atoms with van der Waals surface area (Å²) in [5, 5.41) is 4.92. The Hall–Kier alpha value is -2.31. The average molecular weight is 322 g/mol. The lowest BCUT2D eigenvalue weighted by Gasteiger charge is -2.35. The van der Waals surface area contributed by atoms with Crippen LogP contribution in [-0.4, -0.2) is 36.1 Å². The highest BCUT2D eigenvalue weighted by Gasteiger charge is 2.48. The zero-order valence-corrected chi connectivity index (χ0v) is 12.2. The Balaban J connectivity index is 1.68. The number of benzene rings is 1. The molecule has 1 aromatic rings. The molecular formula is C16H16F2N2O3. The second-order valence-electron chi connectivity index (χ2n) is 6.04. The molecular weight excluding hydrogens is 306 g/mol. The molecule has 1 aliphatic carbocycles. The highest BCUT2D eigenvalue weighted by molar-refractivity contribution is 6.38. The third-order valence-corrected chi connectivity index (χ3v) is 4.33. The number of amides is 2. The molecule has 0 bridgehead atoms. The molecule has 0 radical (unpaired) electrons. The van der Waals surface area contributed by atoms with E-state index >= 15 is 0 Å². The van der Waals surface area contributed by atoms with E-state index in [-0.39, 0.29) is 12.5 Å². The highest BCUT2D eigenvalue weighted by atomic mass is 19.3. The molecule has 1 heterocycles. The van der Waals surface area contributed by atoms with Gasteiger partial charge in [0.1, 0.15) is 0 Å². The van der Waals surface area contributed by atoms with Crippen LogP contribution in [0.3, 0.4) is 0 Å². The van der Waals surface area contributed by atoms with Crippen molar-refractivity contribution in [1.29, 1.82) is 0 Å². The number of carbonyl (C=O) groups is 3. The van der Waals surface area contributed by atoms with E-state index in [1.54, 1.807) is 30.3 Å². The van der Waals surface area contributed by atoms with E-state index in [2.05, 4.69) is 10.6 Å². The first-order valence-electron chi connectivity index (χ1n) is 7.42. The van der Waals surface area contributed by atoms with Crippen LogP contribution in [0.1, 0.15) is 24.3 Å². The molecule has 2 atom stereocenters. The van der Waals surface area contributed by atoms with E-state index < -0.39 is 48.3 Å². The molecule has 1 saturated heterocycles. The number of Topliss-reactive ketones (excluding diaryl/α,β-unsaturated/α-hetero) is 1. The lowest BCUT2D eigenvalue weighted by Crippen LogP contribution is -2.53. The van der Waals surface area contributed by atoms with Gasteiger partial charge in [0.05, 0.1) is 11.8 Å². The summed E-state index contributed by atoms with van der Waals surface area (Å²) in [6.45, 7) is 0.0749. The highest BCUT2D eigenvalue weighted by Crippen LogP contribution is 2.37. The van der Waals surface area contributed by atoms with Gasteiger partial charge < -0.3 is 10.6 Å². The first-order valence-corrected chi connectivity index (χ1v) is 7.42. The average Bonchev–Trinajstić information content (AvgIpc) is 2.87. The standard InChI is InChI=1S/C16H16F2N2O3/c17-16(18)6-10(7-16)20-15(23)13(21)11-8-19-14(22)12(11)9-4-2-1-3-5-9/h1-5,10-12H,6-8H2,(H,19,22)(H,20,23)/t11-,12+/m0/s1. The number of hydrogen-bond donors (Lipinski definition) is 2. The number of ketones is 1. The summed E-state index contributed by atoms with van der Waals surface area (Å²) in [4.78, 5) is 36.3. The van der Waals surface area contributed by atoms with Gasteiger partial charge in [-0.05, 0) is 5.56 Å². The zero-order chi connectivity index (χ0) is 16.6. The Labute approximate surface area is 131 Å². The Morgan fingerprint density at radius 1 is 1.17 bits per heavy atom. The molecule has 1 saturated carbocycles. The maximum absolute atomic E-state index is 12.8. The van der Waals surface area contributed by atoms with E-state index in [0.29, 0.717) is 5.56 Å². The van der Waals surface area contributed by atoms with Crippen molar-refractivity contribution in [3.05, 3.63) is 35.9 Å². The number of hydrogen-bond acceptors (Lipinski definition) is 3. The number of rotatable bonds is 4. The van der Waals surface area contributed by atoms with Gasteiger partial charge in [-0.1, -0.05) is 30.3 Å². The second kappa shape index (κ2) is 5.72. The van der Waals surface area contributed by atoms with Gasteiger partial charge in [-0.2, -0.15) is 0 Å². The van der Waals surface area contributed by atoms with Crippen molar-refractivity contribution >= 4 is 17.6 Å². The third kappa shape index (κ3) is 3.09. The molecule has 0 aromatic heterocycles. The Morgan fingerprint density at radius 2 is 1.83 bits per heavy atom. The smallest absolute Gasteiger partial charge is 0.287 e. The van der Waals surface area contributed by atoms with E-state index in [9.17, 15) is 23.2 Å². The van der Waals surface area contributed by atoms with Crippen molar-refractivity contribution in [2.24, 2.45) is 5.92 Å². The van der Waals surface area contributed by atoms with Crippen LogP contribution < -0.4 is 10.6 Å². The number of alkyl halides is 2. The zero-order valence-electron chi connectivity index (χ0n) is 12.2. The van der Waals surface area contributed by atoms with Crippen molar-refractivity contribution in [3.8, 4) is 0 Å². The fourth-order valence-corrected chi connectivity index (χ4v) is 3.10. The van der Waals surface area contributed by atoms with Gasteiger partial charge in [-0.3, -0.25) is 14.4 Å². The van der Waals surface area contributed by atoms with Crippen LogP contribution in [0.2, 0.25) is 0 Å². The van der Waals surface area contributed by atoms with Crippen LogP contribution in [0.4, 0.5) is 8.78 Å². The molecule has 7 heteroatoms. The molecule has 2 aliphatic rings. The molecule has 1 aliphatic heterocycles. The predicted octanol–water partition coefficient (Wildman–Crippen LogP) is 0.999. The van der Waals surface area contributed by atoms with Gasteiger partial charge in [0.25, 0.3) is 11.8 Å². The second-order valence-corrected chi connectivity index (χ2v) is 6.04. The monoisotopic (exact) mass is 322 g/mol. The van der Waals surface area contributed by atoms with Crippen LogP contribution in [0.15, 0.2) is 30.3 Å². The Morgan fingerprint density at radius 3 is 2.43 bits per heavy atom. The topological polar surface area (TPSA) is 75.3 Å². The lowest BCUT2D eigenvalue weighted by atomic mass is 9.84. The normalized spacial score (nSPS) is 26.3. The van der Waals surface area contributed by atoms with Crippen molar-refractivity contribution in [2.45, 2.75) is 30.7 Å². The molecule has 0 unspecified atom stereocenters. The van der Waals surface area contributed by atoms with Crippen LogP contribution in [0.25, 0.3) is 0 Å². The molecule has 3 rings (SSSR count). The van der Waals surface area contributed by atoms with Gasteiger partial charge >= 0.3 is 0 Å². The van der Waals surface area contributed by atoms with E-state index in [1.165, 1.54) is 0 Å². The first kappa shape index (κ1) is 15.6. The summed E-state index contributed by atoms with van der Waals surface area (Å²) < 4.78 is 25.6. The maximum atomic E-state index is 12.8. The fourth-order valence-electron chi connectivity index (χ4n) is 3.10. The lowest BCUT2D eigenvalue weighted by molar-refractivity contribution is -0.144. The molecule has 23 heavy (non-hydrogen) atoms. The summed E-state index contributed by atoms with van der Waals surface area (Å²) >= 11 is 0. The minimum atomic E-state index is -2.77. The van der Waals surface area contributed by atoms with Crippen molar-refractivity contribution in [1.82, 2.24) is 10.6 Å². The minimum absolute atomic E-state index is 0.0749. The van der Waals surface area contributed by atoms with Crippen LogP contribution in [-0.2, 0) is 14.4 Å². The van der Waals surface area contributed by atoms with Gasteiger partial charge in [-0.15, -0.1) is 0 Å². The summed E-state index contributed by atoms with van der Waals surface area (Å²) in [7, 11) is 0. The molecule has 1 aromatic carbocycles. The SMILES string of the molecule is O=C(NC1CC(F)(F)C1)C(=O)[C@H]1CNC(=O)[C@@H]1c1ccccc1. The Kier molecular flexibility index (Phi) is 3.87. The van der Waals surface area contributed by atoms with Crippen LogP contribution >= 0.6 is 0 Å². The quantitative estimate of drug-likeness (QED) is 0.812. The van der Waals surface area contributed by atoms with E-state index in [1.807, 2.05) is 0 Å². The van der Waals surface area contributed by atoms with Crippen molar-refractivity contribution in [3.63, 3.8) is 0 Å². The summed E-state index contributed by atoms with van der Waals surface area (Å²) in [6, 6.07) is 8.05. The summed E-state index contributed by atoms with van der Waals surface area (Å²) in [5.41, 5.74) is 0.656. The summed E-state index contributed by atoms with van der Waals surface area (Å²) in [5.74, 6) is -6.25. The van der Waals surface area contributed by atoms with Gasteiger partial charge in [0.15, 0.2) is 0 Å². The number of carbonyl (C=O) groups excluding carboxylic acids is 3. The van der Waals surface area contributed by atoms with Crippen molar-refractivity contribution in [2.75, 3.05) is 6.54 Å². The number of halogens is 2. The maximum Gasteiger partial charge on any atom is 0.287 e. The largest absolute Gasteiger partial charge is 0.355 e. The van der Waals surface area contributed by atoms with Gasteiger partial charge in [0, 0.05) is 25.4 Å². The molecule has 2 N–H and O–H groups in total. The summed E-state index contributed by atoms with van der Waals surface area (Å²) in [6.07, 6.45) is -0.897. The number of nitrogens with one attached hydrogen (secondary N) is 2. The minimum Gasteiger partial charge on any atom is -0.355 e. The van der Waals surface area contributed by atoms with E-state index in [4.69, 9.17) is 0 Å². The molecule has 2 fully saturated rings. The molecule has 122 valence electrons. The van der Waals surface area contributed by atoms with E-state index in [0.717, 1.165) is 0 Å². The molecule has 5 nitrogen and oxygen atoms in total. The van der Waals surface area contributed by atoms with Crippen LogP contribution in [0.5, 0.6) is 0 Å².